The molecule has 150 valence electrons. The van der Waals surface area contributed by atoms with E-state index in [1.807, 2.05) is 18.2 Å². The molecule has 1 aromatic rings. The predicted molar refractivity (Wildman–Crippen MR) is 105 cm³/mol. The van der Waals surface area contributed by atoms with E-state index < -0.39 is 10.0 Å². The fourth-order valence-electron chi connectivity index (χ4n) is 4.24. The van der Waals surface area contributed by atoms with Crippen LogP contribution < -0.4 is 10.0 Å². The van der Waals surface area contributed by atoms with E-state index in [9.17, 15) is 13.2 Å². The summed E-state index contributed by atoms with van der Waals surface area (Å²) >= 11 is 0. The van der Waals surface area contributed by atoms with Crippen LogP contribution in [0.1, 0.15) is 38.2 Å². The molecule has 1 aromatic carbocycles. The molecule has 1 saturated carbocycles. The third kappa shape index (κ3) is 5.43. The second kappa shape index (κ2) is 8.16. The van der Waals surface area contributed by atoms with Crippen LogP contribution in [0.5, 0.6) is 0 Å². The second-order valence-electron chi connectivity index (χ2n) is 7.70. The Bertz CT molecular complexity index is 779. The lowest BCUT2D eigenvalue weighted by atomic mass is 9.78. The van der Waals surface area contributed by atoms with E-state index in [0.29, 0.717) is 12.3 Å². The summed E-state index contributed by atoms with van der Waals surface area (Å²) in [6.45, 7) is 4.50. The molecule has 1 aliphatic carbocycles. The number of morpholine rings is 1. The Hall–Kier alpha value is -1.64. The van der Waals surface area contributed by atoms with Crippen molar-refractivity contribution < 1.29 is 17.9 Å². The molecule has 2 fully saturated rings. The topological polar surface area (TPSA) is 87.7 Å². The molecule has 27 heavy (non-hydrogen) atoms. The Morgan fingerprint density at radius 1 is 1.37 bits per heavy atom. The molecule has 0 bridgehead atoms. The van der Waals surface area contributed by atoms with E-state index in [0.717, 1.165) is 57.1 Å². The van der Waals surface area contributed by atoms with Crippen molar-refractivity contribution >= 4 is 21.6 Å². The Balaban J connectivity index is 1.71. The molecule has 1 heterocycles. The maximum absolute atomic E-state index is 11.6. The van der Waals surface area contributed by atoms with Crippen molar-refractivity contribution in [2.24, 2.45) is 0 Å². The smallest absolute Gasteiger partial charge is 0.229 e. The number of anilines is 1. The normalized spacial score (nSPS) is 26.7. The molecule has 0 unspecified atom stereocenters. The average molecular weight is 396 g/mol. The lowest BCUT2D eigenvalue weighted by Gasteiger charge is -2.49. The number of benzene rings is 1. The molecule has 0 radical (unpaired) electrons. The molecule has 1 aliphatic heterocycles. The molecule has 2 atom stereocenters. The predicted octanol–water partition coefficient (Wildman–Crippen LogP) is 1.71. The highest BCUT2D eigenvalue weighted by atomic mass is 32.2. The van der Waals surface area contributed by atoms with Gasteiger partial charge in [-0.2, -0.15) is 0 Å². The summed E-state index contributed by atoms with van der Waals surface area (Å²) in [5.41, 5.74) is 1.30. The lowest BCUT2D eigenvalue weighted by molar-refractivity contribution is -0.150. The molecule has 1 amide bonds. The molecular weight excluding hydrogens is 366 g/mol. The number of hydrogen-bond acceptors (Lipinski definition) is 5. The van der Waals surface area contributed by atoms with Crippen molar-refractivity contribution in [1.29, 1.82) is 0 Å². The molecular formula is C19H29N3O4S. The van der Waals surface area contributed by atoms with E-state index in [1.165, 1.54) is 0 Å². The molecule has 1 saturated heterocycles. The minimum Gasteiger partial charge on any atom is -0.370 e. The SMILES string of the molecule is CC(=O)N[C@@H]1CCCC[C@]12CN(Cc1cccc(NS(C)(=O)=O)c1)CCO2. The minimum atomic E-state index is -3.29. The number of nitrogens with zero attached hydrogens (tertiary/aromatic N) is 1. The monoisotopic (exact) mass is 395 g/mol. The molecule has 1 spiro atoms. The van der Waals surface area contributed by atoms with Gasteiger partial charge in [-0.25, -0.2) is 8.42 Å². The summed E-state index contributed by atoms with van der Waals surface area (Å²) in [5, 5.41) is 3.09. The maximum Gasteiger partial charge on any atom is 0.229 e. The number of sulfonamides is 1. The van der Waals surface area contributed by atoms with Crippen molar-refractivity contribution in [2.75, 3.05) is 30.7 Å². The quantitative estimate of drug-likeness (QED) is 0.792. The van der Waals surface area contributed by atoms with Crippen LogP contribution in [0.25, 0.3) is 0 Å². The maximum atomic E-state index is 11.6. The highest BCUT2D eigenvalue weighted by Gasteiger charge is 2.45. The molecule has 2 N–H and O–H groups in total. The Kier molecular flexibility index (Phi) is 6.08. The number of carbonyl (C=O) groups excluding carboxylic acids is 1. The first kappa shape index (κ1) is 20.1. The van der Waals surface area contributed by atoms with Gasteiger partial charge < -0.3 is 10.1 Å². The lowest BCUT2D eigenvalue weighted by Crippen LogP contribution is -2.63. The van der Waals surface area contributed by atoms with Crippen LogP contribution in [-0.4, -0.2) is 56.8 Å². The number of hydrogen-bond donors (Lipinski definition) is 2. The summed E-state index contributed by atoms with van der Waals surface area (Å²) < 4.78 is 31.7. The first-order chi connectivity index (χ1) is 12.8. The molecule has 8 heteroatoms. The fourth-order valence-corrected chi connectivity index (χ4v) is 4.80. The largest absolute Gasteiger partial charge is 0.370 e. The van der Waals surface area contributed by atoms with E-state index in [2.05, 4.69) is 14.9 Å². The molecule has 2 aliphatic rings. The van der Waals surface area contributed by atoms with Gasteiger partial charge in [0, 0.05) is 32.2 Å². The van der Waals surface area contributed by atoms with Gasteiger partial charge in [0.15, 0.2) is 0 Å². The number of ether oxygens (including phenoxy) is 1. The number of carbonyl (C=O) groups is 1. The summed E-state index contributed by atoms with van der Waals surface area (Å²) in [7, 11) is -3.29. The van der Waals surface area contributed by atoms with Crippen LogP contribution >= 0.6 is 0 Å². The van der Waals surface area contributed by atoms with Gasteiger partial charge in [-0.3, -0.25) is 14.4 Å². The van der Waals surface area contributed by atoms with Gasteiger partial charge in [0.2, 0.25) is 15.9 Å². The van der Waals surface area contributed by atoms with Crippen LogP contribution in [0.2, 0.25) is 0 Å². The van der Waals surface area contributed by atoms with E-state index in [4.69, 9.17) is 4.74 Å². The van der Waals surface area contributed by atoms with Gasteiger partial charge in [-0.1, -0.05) is 25.0 Å². The van der Waals surface area contributed by atoms with Gasteiger partial charge in [0.25, 0.3) is 0 Å². The van der Waals surface area contributed by atoms with Gasteiger partial charge in [-0.05, 0) is 30.5 Å². The first-order valence-corrected chi connectivity index (χ1v) is 11.4. The second-order valence-corrected chi connectivity index (χ2v) is 9.45. The number of amides is 1. The zero-order chi connectivity index (χ0) is 19.5. The van der Waals surface area contributed by atoms with E-state index >= 15 is 0 Å². The highest BCUT2D eigenvalue weighted by Crippen LogP contribution is 2.35. The Morgan fingerprint density at radius 2 is 2.19 bits per heavy atom. The van der Waals surface area contributed by atoms with Gasteiger partial charge in [0.1, 0.15) is 5.60 Å². The zero-order valence-corrected chi connectivity index (χ0v) is 16.8. The third-order valence-corrected chi connectivity index (χ3v) is 5.89. The highest BCUT2D eigenvalue weighted by molar-refractivity contribution is 7.92. The van der Waals surface area contributed by atoms with Crippen molar-refractivity contribution in [3.8, 4) is 0 Å². The van der Waals surface area contributed by atoms with Crippen molar-refractivity contribution in [3.63, 3.8) is 0 Å². The molecule has 3 rings (SSSR count). The van der Waals surface area contributed by atoms with E-state index in [1.54, 1.807) is 13.0 Å². The van der Waals surface area contributed by atoms with Gasteiger partial charge in [0.05, 0.1) is 18.9 Å². The Morgan fingerprint density at radius 3 is 2.93 bits per heavy atom. The van der Waals surface area contributed by atoms with Crippen molar-refractivity contribution in [3.05, 3.63) is 29.8 Å². The number of nitrogens with one attached hydrogen (secondary N) is 2. The van der Waals surface area contributed by atoms with Crippen molar-refractivity contribution in [1.82, 2.24) is 10.2 Å². The first-order valence-electron chi connectivity index (χ1n) is 9.46. The summed E-state index contributed by atoms with van der Waals surface area (Å²) in [5.74, 6) is -0.0125. The zero-order valence-electron chi connectivity index (χ0n) is 16.0. The Labute approximate surface area is 161 Å². The molecule has 7 nitrogen and oxygen atoms in total. The molecule has 0 aromatic heterocycles. The summed E-state index contributed by atoms with van der Waals surface area (Å²) in [6, 6.07) is 7.53. The van der Waals surface area contributed by atoms with Crippen LogP contribution in [0.3, 0.4) is 0 Å². The third-order valence-electron chi connectivity index (χ3n) is 5.28. The van der Waals surface area contributed by atoms with Gasteiger partial charge in [-0.15, -0.1) is 0 Å². The number of rotatable bonds is 5. The summed E-state index contributed by atoms with van der Waals surface area (Å²) in [4.78, 5) is 14.0. The van der Waals surface area contributed by atoms with Crippen LogP contribution in [0.4, 0.5) is 5.69 Å². The van der Waals surface area contributed by atoms with E-state index in [-0.39, 0.29) is 17.6 Å². The minimum absolute atomic E-state index is 0.0125. The van der Waals surface area contributed by atoms with Crippen LogP contribution in [0.15, 0.2) is 24.3 Å². The summed E-state index contributed by atoms with van der Waals surface area (Å²) in [6.07, 6.45) is 5.26. The standard InChI is InChI=1S/C19H29N3O4S/c1-15(23)20-18-8-3-4-9-19(18)14-22(10-11-26-19)13-16-6-5-7-17(12-16)21-27(2,24)25/h5-7,12,18,21H,3-4,8-11,13-14H2,1-2H3,(H,20,23)/t18-,19+/m1/s1. The average Bonchev–Trinajstić information content (AvgIpc) is 2.56. The van der Waals surface area contributed by atoms with Crippen LogP contribution in [0, 0.1) is 0 Å². The van der Waals surface area contributed by atoms with Crippen LogP contribution in [-0.2, 0) is 26.1 Å². The van der Waals surface area contributed by atoms with Crippen molar-refractivity contribution in [2.45, 2.75) is 50.8 Å². The van der Waals surface area contributed by atoms with Gasteiger partial charge >= 0.3 is 0 Å². The fraction of sp³-hybridized carbons (Fsp3) is 0.632.